The van der Waals surface area contributed by atoms with Crippen molar-refractivity contribution in [2.45, 2.75) is 23.8 Å². The molecule has 1 saturated heterocycles. The third-order valence-corrected chi connectivity index (χ3v) is 4.21. The van der Waals surface area contributed by atoms with E-state index in [1.165, 1.54) is 6.26 Å². The molecule has 4 nitrogen and oxygen atoms in total. The van der Waals surface area contributed by atoms with Gasteiger partial charge in [0.2, 0.25) is 0 Å². The van der Waals surface area contributed by atoms with Crippen LogP contribution in [-0.2, 0) is 9.84 Å². The van der Waals surface area contributed by atoms with E-state index in [1.54, 1.807) is 12.1 Å². The molecule has 1 fully saturated rings. The Morgan fingerprint density at radius 3 is 2.41 bits per heavy atom. The lowest BCUT2D eigenvalue weighted by molar-refractivity contribution is 0.145. The summed E-state index contributed by atoms with van der Waals surface area (Å²) in [5, 5.41) is 9.46. The molecule has 94 valence electrons. The second-order valence-electron chi connectivity index (χ2n) is 4.46. The maximum absolute atomic E-state index is 11.7. The summed E-state index contributed by atoms with van der Waals surface area (Å²) in [6.45, 7) is 1.40. The van der Waals surface area contributed by atoms with E-state index in [0.717, 1.165) is 5.69 Å². The molecule has 0 aliphatic carbocycles. The summed E-state index contributed by atoms with van der Waals surface area (Å²) in [7, 11) is -3.20. The number of rotatable bonds is 2. The molecule has 0 unspecified atom stereocenters. The Hall–Kier alpha value is -1.07. The first kappa shape index (κ1) is 12.4. The van der Waals surface area contributed by atoms with Crippen molar-refractivity contribution < 1.29 is 13.5 Å². The number of aliphatic hydroxyl groups excluding tert-OH is 1. The Labute approximate surface area is 102 Å². The summed E-state index contributed by atoms with van der Waals surface area (Å²) >= 11 is 0. The average molecular weight is 255 g/mol. The van der Waals surface area contributed by atoms with Crippen LogP contribution in [0.3, 0.4) is 0 Å². The van der Waals surface area contributed by atoms with E-state index in [-0.39, 0.29) is 6.10 Å². The highest BCUT2D eigenvalue weighted by atomic mass is 32.2. The van der Waals surface area contributed by atoms with E-state index < -0.39 is 9.84 Å². The maximum atomic E-state index is 11.7. The summed E-state index contributed by atoms with van der Waals surface area (Å²) in [6.07, 6.45) is 2.36. The van der Waals surface area contributed by atoms with E-state index >= 15 is 0 Å². The van der Waals surface area contributed by atoms with Gasteiger partial charge in [-0.2, -0.15) is 0 Å². The van der Waals surface area contributed by atoms with Crippen molar-refractivity contribution in [3.63, 3.8) is 0 Å². The summed E-state index contributed by atoms with van der Waals surface area (Å²) in [6, 6.07) is 7.04. The molecule has 0 bridgehead atoms. The number of anilines is 1. The molecule has 0 spiro atoms. The Morgan fingerprint density at radius 2 is 1.82 bits per heavy atom. The number of benzene rings is 1. The van der Waals surface area contributed by atoms with Crippen LogP contribution in [-0.4, -0.2) is 39.0 Å². The summed E-state index contributed by atoms with van der Waals surface area (Å²) in [5.41, 5.74) is 0.752. The predicted molar refractivity (Wildman–Crippen MR) is 67.0 cm³/mol. The van der Waals surface area contributed by atoms with Crippen LogP contribution in [0.15, 0.2) is 29.2 Å². The monoisotopic (exact) mass is 255 g/mol. The molecule has 1 N–H and O–H groups in total. The van der Waals surface area contributed by atoms with Crippen molar-refractivity contribution >= 4 is 15.5 Å². The number of nitrogens with zero attached hydrogens (tertiary/aromatic N) is 1. The molecule has 2 rings (SSSR count). The number of aliphatic hydroxyl groups is 1. The maximum Gasteiger partial charge on any atom is 0.177 e. The van der Waals surface area contributed by atoms with E-state index in [2.05, 4.69) is 0 Å². The number of hydrogen-bond acceptors (Lipinski definition) is 4. The highest BCUT2D eigenvalue weighted by Crippen LogP contribution is 2.27. The first-order chi connectivity index (χ1) is 7.98. The first-order valence-corrected chi connectivity index (χ1v) is 7.60. The van der Waals surface area contributed by atoms with Crippen molar-refractivity contribution in [1.82, 2.24) is 0 Å². The number of para-hydroxylation sites is 1. The largest absolute Gasteiger partial charge is 0.393 e. The van der Waals surface area contributed by atoms with Gasteiger partial charge in [-0.3, -0.25) is 0 Å². The van der Waals surface area contributed by atoms with Gasteiger partial charge in [0.25, 0.3) is 0 Å². The van der Waals surface area contributed by atoms with Crippen molar-refractivity contribution in [1.29, 1.82) is 0 Å². The number of piperidine rings is 1. The molecule has 0 saturated carbocycles. The van der Waals surface area contributed by atoms with Gasteiger partial charge in [0.05, 0.1) is 16.7 Å². The fraction of sp³-hybridized carbons (Fsp3) is 0.500. The fourth-order valence-electron chi connectivity index (χ4n) is 2.14. The fourth-order valence-corrected chi connectivity index (χ4v) is 3.04. The summed E-state index contributed by atoms with van der Waals surface area (Å²) in [4.78, 5) is 2.40. The van der Waals surface area contributed by atoms with Gasteiger partial charge in [0.1, 0.15) is 0 Å². The molecular formula is C12H17NO3S. The zero-order chi connectivity index (χ0) is 12.5. The molecule has 5 heteroatoms. The normalized spacial score (nSPS) is 18.4. The average Bonchev–Trinajstić information content (AvgIpc) is 2.29. The molecule has 0 radical (unpaired) electrons. The van der Waals surface area contributed by atoms with Gasteiger partial charge in [-0.25, -0.2) is 8.42 Å². The molecule has 1 aliphatic rings. The van der Waals surface area contributed by atoms with Crippen molar-refractivity contribution in [2.24, 2.45) is 0 Å². The molecule has 1 aromatic rings. The molecule has 1 aromatic carbocycles. The smallest absolute Gasteiger partial charge is 0.177 e. The van der Waals surface area contributed by atoms with Gasteiger partial charge < -0.3 is 10.0 Å². The lowest BCUT2D eigenvalue weighted by atomic mass is 10.1. The topological polar surface area (TPSA) is 57.6 Å². The number of hydrogen-bond donors (Lipinski definition) is 1. The minimum Gasteiger partial charge on any atom is -0.393 e. The van der Waals surface area contributed by atoms with Gasteiger partial charge in [-0.15, -0.1) is 0 Å². The summed E-state index contributed by atoms with van der Waals surface area (Å²) in [5.74, 6) is 0. The lowest BCUT2D eigenvalue weighted by Crippen LogP contribution is -2.36. The molecule has 0 amide bonds. The van der Waals surface area contributed by atoms with Crippen LogP contribution < -0.4 is 4.90 Å². The molecule has 1 heterocycles. The molecule has 17 heavy (non-hydrogen) atoms. The highest BCUT2D eigenvalue weighted by molar-refractivity contribution is 7.90. The van der Waals surface area contributed by atoms with Crippen LogP contribution in [0.1, 0.15) is 12.8 Å². The third-order valence-electron chi connectivity index (χ3n) is 3.07. The minimum atomic E-state index is -3.20. The van der Waals surface area contributed by atoms with Crippen molar-refractivity contribution in [3.05, 3.63) is 24.3 Å². The minimum absolute atomic E-state index is 0.253. The Morgan fingerprint density at radius 1 is 1.24 bits per heavy atom. The lowest BCUT2D eigenvalue weighted by Gasteiger charge is -2.32. The predicted octanol–water partition coefficient (Wildman–Crippen LogP) is 1.05. The zero-order valence-electron chi connectivity index (χ0n) is 9.83. The van der Waals surface area contributed by atoms with Crippen LogP contribution in [0.4, 0.5) is 5.69 Å². The Bertz CT molecular complexity index is 490. The van der Waals surface area contributed by atoms with Gasteiger partial charge in [-0.05, 0) is 25.0 Å². The van der Waals surface area contributed by atoms with E-state index in [4.69, 9.17) is 0 Å². The molecule has 1 aliphatic heterocycles. The number of sulfone groups is 1. The van der Waals surface area contributed by atoms with Crippen LogP contribution in [0.2, 0.25) is 0 Å². The second-order valence-corrected chi connectivity index (χ2v) is 6.44. The Kier molecular flexibility index (Phi) is 3.40. The first-order valence-electron chi connectivity index (χ1n) is 5.70. The quantitative estimate of drug-likeness (QED) is 0.858. The molecular weight excluding hydrogens is 238 g/mol. The molecule has 0 atom stereocenters. The second kappa shape index (κ2) is 4.66. The van der Waals surface area contributed by atoms with Crippen molar-refractivity contribution in [2.75, 3.05) is 24.2 Å². The van der Waals surface area contributed by atoms with E-state index in [9.17, 15) is 13.5 Å². The van der Waals surface area contributed by atoms with Crippen molar-refractivity contribution in [3.8, 4) is 0 Å². The van der Waals surface area contributed by atoms with Gasteiger partial charge in [0, 0.05) is 19.3 Å². The van der Waals surface area contributed by atoms with Crippen LogP contribution in [0, 0.1) is 0 Å². The molecule has 0 aromatic heterocycles. The van der Waals surface area contributed by atoms with E-state index in [0.29, 0.717) is 30.8 Å². The van der Waals surface area contributed by atoms with Gasteiger partial charge >= 0.3 is 0 Å². The van der Waals surface area contributed by atoms with Gasteiger partial charge in [0.15, 0.2) is 9.84 Å². The van der Waals surface area contributed by atoms with Crippen LogP contribution in [0.25, 0.3) is 0 Å². The van der Waals surface area contributed by atoms with E-state index in [1.807, 2.05) is 17.0 Å². The standard InChI is InChI=1S/C12H17NO3S/c1-17(15,16)12-5-3-2-4-11(12)13-8-6-10(14)7-9-13/h2-5,10,14H,6-9H2,1H3. The van der Waals surface area contributed by atoms with Gasteiger partial charge in [-0.1, -0.05) is 12.1 Å². The highest BCUT2D eigenvalue weighted by Gasteiger charge is 2.22. The zero-order valence-corrected chi connectivity index (χ0v) is 10.7. The van der Waals surface area contributed by atoms with Crippen LogP contribution >= 0.6 is 0 Å². The van der Waals surface area contributed by atoms with Crippen LogP contribution in [0.5, 0.6) is 0 Å². The Balaban J connectivity index is 2.33. The summed E-state index contributed by atoms with van der Waals surface area (Å²) < 4.78 is 23.4. The third kappa shape index (κ3) is 2.79. The SMILES string of the molecule is CS(=O)(=O)c1ccccc1N1CCC(O)CC1.